The highest BCUT2D eigenvalue weighted by atomic mass is 32.2. The molecule has 0 spiro atoms. The summed E-state index contributed by atoms with van der Waals surface area (Å²) in [5.41, 5.74) is 1.16. The van der Waals surface area contributed by atoms with E-state index in [1.807, 2.05) is 22.8 Å². The normalized spacial score (nSPS) is 11.0. The predicted octanol–water partition coefficient (Wildman–Crippen LogP) is 1.94. The van der Waals surface area contributed by atoms with Gasteiger partial charge in [-0.15, -0.1) is 6.58 Å². The SMILES string of the molecule is C=CCSc1nc2c(c(=O)[nH]c(=O)n2C)n1CCc1ccccc1. The number of aryl methyl sites for hydroxylation is 3. The molecule has 124 valence electrons. The maximum absolute atomic E-state index is 12.3. The zero-order chi connectivity index (χ0) is 17.1. The second-order valence-electron chi connectivity index (χ2n) is 5.37. The number of nitrogens with one attached hydrogen (secondary N) is 1. The molecule has 2 aromatic heterocycles. The molecule has 0 bridgehead atoms. The standard InChI is InChI=1S/C17H18N4O2S/c1-3-11-24-17-18-14-13(15(22)19-16(23)20(14)2)21(17)10-9-12-7-5-4-6-8-12/h3-8H,1,9-11H2,2H3,(H,19,22,23). The minimum Gasteiger partial charge on any atom is -0.313 e. The fourth-order valence-corrected chi connectivity index (χ4v) is 3.31. The molecule has 0 aliphatic heterocycles. The maximum Gasteiger partial charge on any atom is 0.329 e. The van der Waals surface area contributed by atoms with Crippen LogP contribution in [0, 0.1) is 0 Å². The quantitative estimate of drug-likeness (QED) is 0.549. The fourth-order valence-electron chi connectivity index (χ4n) is 2.55. The van der Waals surface area contributed by atoms with Gasteiger partial charge < -0.3 is 4.57 Å². The van der Waals surface area contributed by atoms with Gasteiger partial charge in [-0.25, -0.2) is 9.78 Å². The fraction of sp³-hybridized carbons (Fsp3) is 0.235. The molecule has 3 aromatic rings. The van der Waals surface area contributed by atoms with Gasteiger partial charge in [0.2, 0.25) is 0 Å². The van der Waals surface area contributed by atoms with Crippen molar-refractivity contribution in [2.24, 2.45) is 7.05 Å². The van der Waals surface area contributed by atoms with Gasteiger partial charge in [-0.05, 0) is 12.0 Å². The minimum atomic E-state index is -0.458. The molecule has 0 fully saturated rings. The molecule has 2 heterocycles. The lowest BCUT2D eigenvalue weighted by Gasteiger charge is -2.08. The predicted molar refractivity (Wildman–Crippen MR) is 96.7 cm³/mol. The molecule has 3 rings (SSSR count). The minimum absolute atomic E-state index is 0.404. The van der Waals surface area contributed by atoms with E-state index in [4.69, 9.17) is 0 Å². The third-order valence-electron chi connectivity index (χ3n) is 3.77. The van der Waals surface area contributed by atoms with Crippen LogP contribution < -0.4 is 11.2 Å². The smallest absolute Gasteiger partial charge is 0.313 e. The number of fused-ring (bicyclic) bond motifs is 1. The Hall–Kier alpha value is -2.54. The van der Waals surface area contributed by atoms with E-state index in [1.54, 1.807) is 13.1 Å². The van der Waals surface area contributed by atoms with Crippen LogP contribution in [0.2, 0.25) is 0 Å². The summed E-state index contributed by atoms with van der Waals surface area (Å²) in [4.78, 5) is 31.0. The van der Waals surface area contributed by atoms with Gasteiger partial charge in [-0.1, -0.05) is 48.2 Å². The summed E-state index contributed by atoms with van der Waals surface area (Å²) in [6, 6.07) is 10.1. The molecule has 0 saturated carbocycles. The highest BCUT2D eigenvalue weighted by molar-refractivity contribution is 7.99. The van der Waals surface area contributed by atoms with Gasteiger partial charge in [-0.2, -0.15) is 0 Å². The van der Waals surface area contributed by atoms with Crippen LogP contribution in [0.3, 0.4) is 0 Å². The largest absolute Gasteiger partial charge is 0.329 e. The van der Waals surface area contributed by atoms with Crippen LogP contribution in [-0.2, 0) is 20.0 Å². The summed E-state index contributed by atoms with van der Waals surface area (Å²) < 4.78 is 3.25. The van der Waals surface area contributed by atoms with E-state index in [1.165, 1.54) is 21.9 Å². The number of imidazole rings is 1. The molecule has 6 nitrogen and oxygen atoms in total. The molecule has 1 aromatic carbocycles. The van der Waals surface area contributed by atoms with Crippen molar-refractivity contribution in [3.8, 4) is 0 Å². The summed E-state index contributed by atoms with van der Waals surface area (Å²) in [5.74, 6) is 0.681. The first-order valence-electron chi connectivity index (χ1n) is 7.59. The van der Waals surface area contributed by atoms with Crippen LogP contribution in [0.15, 0.2) is 57.7 Å². The molecule has 24 heavy (non-hydrogen) atoms. The Labute approximate surface area is 142 Å². The first-order chi connectivity index (χ1) is 11.6. The van der Waals surface area contributed by atoms with Crippen molar-refractivity contribution in [1.29, 1.82) is 0 Å². The zero-order valence-electron chi connectivity index (χ0n) is 13.4. The number of hydrogen-bond acceptors (Lipinski definition) is 4. The molecular weight excluding hydrogens is 324 g/mol. The van der Waals surface area contributed by atoms with Crippen LogP contribution >= 0.6 is 11.8 Å². The van der Waals surface area contributed by atoms with Crippen molar-refractivity contribution in [3.63, 3.8) is 0 Å². The van der Waals surface area contributed by atoms with E-state index in [-0.39, 0.29) is 0 Å². The molecule has 0 aliphatic rings. The Morgan fingerprint density at radius 1 is 1.29 bits per heavy atom. The molecule has 7 heteroatoms. The Morgan fingerprint density at radius 3 is 2.75 bits per heavy atom. The number of rotatable bonds is 6. The monoisotopic (exact) mass is 342 g/mol. The molecule has 0 saturated heterocycles. The van der Waals surface area contributed by atoms with Crippen LogP contribution in [-0.4, -0.2) is 24.9 Å². The highest BCUT2D eigenvalue weighted by Gasteiger charge is 2.17. The lowest BCUT2D eigenvalue weighted by Crippen LogP contribution is -2.29. The van der Waals surface area contributed by atoms with Crippen molar-refractivity contribution in [1.82, 2.24) is 19.1 Å². The summed E-state index contributed by atoms with van der Waals surface area (Å²) in [7, 11) is 1.61. The average Bonchev–Trinajstić information content (AvgIpc) is 2.96. The van der Waals surface area contributed by atoms with Gasteiger partial charge in [0.25, 0.3) is 5.56 Å². The number of benzene rings is 1. The Bertz CT molecular complexity index is 985. The lowest BCUT2D eigenvalue weighted by atomic mass is 10.1. The van der Waals surface area contributed by atoms with Crippen molar-refractivity contribution in [2.45, 2.75) is 18.1 Å². The number of aromatic amines is 1. The number of thioether (sulfide) groups is 1. The van der Waals surface area contributed by atoms with Gasteiger partial charge in [-0.3, -0.25) is 14.3 Å². The van der Waals surface area contributed by atoms with Crippen molar-refractivity contribution < 1.29 is 0 Å². The topological polar surface area (TPSA) is 72.7 Å². The lowest BCUT2D eigenvalue weighted by molar-refractivity contribution is 0.650. The van der Waals surface area contributed by atoms with E-state index in [0.717, 1.165) is 6.42 Å². The molecule has 1 N–H and O–H groups in total. The average molecular weight is 342 g/mol. The maximum atomic E-state index is 12.3. The van der Waals surface area contributed by atoms with Crippen molar-refractivity contribution >= 4 is 22.9 Å². The summed E-state index contributed by atoms with van der Waals surface area (Å²) in [5, 5.41) is 0.715. The van der Waals surface area contributed by atoms with Crippen LogP contribution in [0.25, 0.3) is 11.2 Å². The van der Waals surface area contributed by atoms with Crippen molar-refractivity contribution in [2.75, 3.05) is 5.75 Å². The molecular formula is C17H18N4O2S. The van der Waals surface area contributed by atoms with Gasteiger partial charge in [0.1, 0.15) is 0 Å². The van der Waals surface area contributed by atoms with E-state index < -0.39 is 11.2 Å². The molecule has 0 atom stereocenters. The summed E-state index contributed by atoms with van der Waals surface area (Å²) >= 11 is 1.50. The van der Waals surface area contributed by atoms with Crippen LogP contribution in [0.1, 0.15) is 5.56 Å². The molecule has 0 radical (unpaired) electrons. The van der Waals surface area contributed by atoms with E-state index in [0.29, 0.717) is 28.6 Å². The van der Waals surface area contributed by atoms with Crippen LogP contribution in [0.5, 0.6) is 0 Å². The van der Waals surface area contributed by atoms with E-state index in [9.17, 15) is 9.59 Å². The number of hydrogen-bond donors (Lipinski definition) is 1. The Morgan fingerprint density at radius 2 is 2.04 bits per heavy atom. The van der Waals surface area contributed by atoms with Crippen molar-refractivity contribution in [3.05, 3.63) is 69.4 Å². The first-order valence-corrected chi connectivity index (χ1v) is 8.57. The summed E-state index contributed by atoms with van der Waals surface area (Å²) in [6.45, 7) is 4.33. The van der Waals surface area contributed by atoms with E-state index >= 15 is 0 Å². The third kappa shape index (κ3) is 3.07. The first kappa shape index (κ1) is 16.3. The molecule has 0 amide bonds. The second-order valence-corrected chi connectivity index (χ2v) is 6.36. The number of aromatic nitrogens is 4. The number of nitrogens with zero attached hydrogens (tertiary/aromatic N) is 3. The summed E-state index contributed by atoms with van der Waals surface area (Å²) in [6.07, 6.45) is 2.56. The number of H-pyrrole nitrogens is 1. The second kappa shape index (κ2) is 6.92. The third-order valence-corrected chi connectivity index (χ3v) is 4.74. The molecule has 0 aliphatic carbocycles. The van der Waals surface area contributed by atoms with Crippen LogP contribution in [0.4, 0.5) is 0 Å². The van der Waals surface area contributed by atoms with Gasteiger partial charge in [0.05, 0.1) is 0 Å². The van der Waals surface area contributed by atoms with Gasteiger partial charge >= 0.3 is 5.69 Å². The highest BCUT2D eigenvalue weighted by Crippen LogP contribution is 2.22. The van der Waals surface area contributed by atoms with Gasteiger partial charge in [0.15, 0.2) is 16.3 Å². The van der Waals surface area contributed by atoms with E-state index in [2.05, 4.69) is 28.7 Å². The Balaban J connectivity index is 2.08. The molecule has 0 unspecified atom stereocenters. The van der Waals surface area contributed by atoms with Gasteiger partial charge in [0, 0.05) is 19.3 Å². The zero-order valence-corrected chi connectivity index (χ0v) is 14.2. The Kier molecular flexibility index (Phi) is 4.71.